The van der Waals surface area contributed by atoms with E-state index >= 15 is 0 Å². The van der Waals surface area contributed by atoms with Crippen molar-refractivity contribution in [3.63, 3.8) is 0 Å². The molecule has 0 bridgehead atoms. The highest BCUT2D eigenvalue weighted by molar-refractivity contribution is 7.07. The minimum absolute atomic E-state index is 0.0321. The summed E-state index contributed by atoms with van der Waals surface area (Å²) in [7, 11) is 1.58. The number of fused-ring (bicyclic) bond motifs is 1. The van der Waals surface area contributed by atoms with Gasteiger partial charge in [0, 0.05) is 17.3 Å². The maximum Gasteiger partial charge on any atom is 0.338 e. The summed E-state index contributed by atoms with van der Waals surface area (Å²) in [5.41, 5.74) is 5.31. The highest BCUT2D eigenvalue weighted by atomic mass is 32.1. The number of esters is 1. The van der Waals surface area contributed by atoms with Gasteiger partial charge in [0.25, 0.3) is 5.56 Å². The van der Waals surface area contributed by atoms with Crippen LogP contribution in [0.2, 0.25) is 0 Å². The van der Waals surface area contributed by atoms with Crippen LogP contribution in [0.3, 0.4) is 0 Å². The molecule has 9 nitrogen and oxygen atoms in total. The van der Waals surface area contributed by atoms with Gasteiger partial charge >= 0.3 is 5.97 Å². The Morgan fingerprint density at radius 2 is 1.75 bits per heavy atom. The van der Waals surface area contributed by atoms with Crippen LogP contribution in [0.25, 0.3) is 23.0 Å². The lowest BCUT2D eigenvalue weighted by molar-refractivity contribution is -0.138. The molecule has 3 heterocycles. The molecule has 1 aliphatic heterocycles. The van der Waals surface area contributed by atoms with Crippen molar-refractivity contribution in [2.75, 3.05) is 20.3 Å². The number of nitrogens with zero attached hydrogens (tertiary/aromatic N) is 4. The Labute approximate surface area is 281 Å². The lowest BCUT2D eigenvalue weighted by Gasteiger charge is -2.24. The number of para-hydroxylation sites is 1. The number of ether oxygens (including phenoxy) is 3. The second-order valence-corrected chi connectivity index (χ2v) is 12.0. The summed E-state index contributed by atoms with van der Waals surface area (Å²) in [6, 6.07) is 22.2. The van der Waals surface area contributed by atoms with Gasteiger partial charge in [0.2, 0.25) is 0 Å². The van der Waals surface area contributed by atoms with E-state index in [-0.39, 0.29) is 17.7 Å². The molecule has 0 saturated carbocycles. The maximum atomic E-state index is 14.4. The zero-order valence-electron chi connectivity index (χ0n) is 26.9. The van der Waals surface area contributed by atoms with Crippen molar-refractivity contribution >= 4 is 23.4 Å². The van der Waals surface area contributed by atoms with Crippen molar-refractivity contribution < 1.29 is 19.0 Å². The first-order valence-electron chi connectivity index (χ1n) is 15.3. The predicted octanol–water partition coefficient (Wildman–Crippen LogP) is 5.70. The molecule has 5 aromatic rings. The Morgan fingerprint density at radius 3 is 2.44 bits per heavy atom. The Kier molecular flexibility index (Phi) is 9.36. The van der Waals surface area contributed by atoms with Gasteiger partial charge in [-0.15, -0.1) is 0 Å². The van der Waals surface area contributed by atoms with Gasteiger partial charge in [-0.25, -0.2) is 14.5 Å². The Bertz CT molecular complexity index is 2230. The molecule has 242 valence electrons. The van der Waals surface area contributed by atoms with Crippen LogP contribution in [0.5, 0.6) is 11.5 Å². The van der Waals surface area contributed by atoms with Gasteiger partial charge in [-0.2, -0.15) is 5.10 Å². The van der Waals surface area contributed by atoms with Crippen LogP contribution < -0.4 is 24.4 Å². The van der Waals surface area contributed by atoms with Crippen LogP contribution >= 0.6 is 11.3 Å². The molecule has 10 heteroatoms. The quantitative estimate of drug-likeness (QED) is 0.134. The summed E-state index contributed by atoms with van der Waals surface area (Å²) in [6.07, 6.45) is 6.95. The summed E-state index contributed by atoms with van der Waals surface area (Å²) >= 11 is 1.26. The predicted molar refractivity (Wildman–Crippen MR) is 187 cm³/mol. The van der Waals surface area contributed by atoms with E-state index in [0.29, 0.717) is 33.1 Å². The summed E-state index contributed by atoms with van der Waals surface area (Å²) in [5.74, 6) is 0.849. The van der Waals surface area contributed by atoms with Crippen LogP contribution in [-0.4, -0.2) is 40.6 Å². The number of methoxy groups -OCH3 is 1. The Hall–Kier alpha value is -5.74. The molecule has 0 unspecified atom stereocenters. The number of aromatic nitrogens is 3. The number of hydrogen-bond acceptors (Lipinski definition) is 8. The van der Waals surface area contributed by atoms with Crippen molar-refractivity contribution in [1.29, 1.82) is 0 Å². The van der Waals surface area contributed by atoms with Gasteiger partial charge in [0.05, 0.1) is 34.6 Å². The fourth-order valence-corrected chi connectivity index (χ4v) is 6.61. The fourth-order valence-electron chi connectivity index (χ4n) is 5.58. The minimum Gasteiger partial charge on any atom is -0.497 e. The third kappa shape index (κ3) is 6.30. The number of thiazole rings is 1. The molecule has 1 aliphatic rings. The van der Waals surface area contributed by atoms with Gasteiger partial charge in [-0.05, 0) is 73.5 Å². The first-order valence-corrected chi connectivity index (χ1v) is 16.1. The molecule has 0 spiro atoms. The van der Waals surface area contributed by atoms with Gasteiger partial charge in [0.1, 0.15) is 30.4 Å². The van der Waals surface area contributed by atoms with E-state index < -0.39 is 12.0 Å². The zero-order valence-corrected chi connectivity index (χ0v) is 27.7. The van der Waals surface area contributed by atoms with E-state index in [0.717, 1.165) is 33.7 Å². The maximum absolute atomic E-state index is 14.4. The van der Waals surface area contributed by atoms with E-state index in [9.17, 15) is 9.59 Å². The summed E-state index contributed by atoms with van der Waals surface area (Å²) in [5, 5.41) is 4.96. The van der Waals surface area contributed by atoms with Crippen molar-refractivity contribution in [1.82, 2.24) is 14.3 Å². The monoisotopic (exact) mass is 658 g/mol. The first-order chi connectivity index (χ1) is 23.3. The number of aryl methyl sites for hydroxylation is 1. The molecule has 2 aromatic heterocycles. The standard InChI is InChI=1S/C38H34N4O5S/c1-6-19-46-31-18-15-27(21-24(31)3)34-28(23-41(40-34)29-11-9-8-10-12-29)22-32-36(43)42-35(26-13-16-30(45-5)17-14-26)33(37(44)47-20-7-2)25(4)39-38(42)48-32/h6-18,21-23,35H,1-2,19-20H2,3-5H3/b32-22+/t35-/m1/s1. The SMILES string of the molecule is C=CCOC(=O)C1=C(C)N=c2s/c(=C/c3cn(-c4ccccc4)nc3-c3ccc(OCC=C)c(C)c3)c(=O)n2[C@@H]1c1ccc(OC)cc1. The number of benzene rings is 3. The number of carbonyl (C=O) groups is 1. The highest BCUT2D eigenvalue weighted by Gasteiger charge is 2.33. The topological polar surface area (TPSA) is 96.9 Å². The lowest BCUT2D eigenvalue weighted by atomic mass is 9.96. The van der Waals surface area contributed by atoms with Crippen LogP contribution in [0.15, 0.2) is 125 Å². The van der Waals surface area contributed by atoms with E-state index in [1.807, 2.05) is 79.9 Å². The number of carbonyl (C=O) groups excluding carboxylic acids is 1. The smallest absolute Gasteiger partial charge is 0.338 e. The molecule has 3 aromatic carbocycles. The molecule has 0 N–H and O–H groups in total. The average molecular weight is 659 g/mol. The summed E-state index contributed by atoms with van der Waals surface area (Å²) < 4.78 is 20.4. The van der Waals surface area contributed by atoms with Crippen LogP contribution in [0, 0.1) is 6.92 Å². The van der Waals surface area contributed by atoms with Crippen molar-refractivity contribution in [3.05, 3.63) is 152 Å². The van der Waals surface area contributed by atoms with E-state index in [2.05, 4.69) is 13.2 Å². The molecule has 48 heavy (non-hydrogen) atoms. The van der Waals surface area contributed by atoms with E-state index in [1.54, 1.807) is 41.5 Å². The second kappa shape index (κ2) is 13.9. The van der Waals surface area contributed by atoms with E-state index in [1.165, 1.54) is 17.4 Å². The van der Waals surface area contributed by atoms with Crippen LogP contribution in [-0.2, 0) is 9.53 Å². The normalized spacial score (nSPS) is 14.2. The van der Waals surface area contributed by atoms with Gasteiger partial charge in [-0.3, -0.25) is 9.36 Å². The van der Waals surface area contributed by atoms with Gasteiger partial charge in [0.15, 0.2) is 4.80 Å². The third-order valence-corrected chi connectivity index (χ3v) is 8.84. The lowest BCUT2D eigenvalue weighted by Crippen LogP contribution is -2.39. The summed E-state index contributed by atoms with van der Waals surface area (Å²) in [6.45, 7) is 11.6. The molecule has 0 radical (unpaired) electrons. The number of hydrogen-bond donors (Lipinski definition) is 0. The van der Waals surface area contributed by atoms with Gasteiger partial charge < -0.3 is 14.2 Å². The Balaban J connectivity index is 1.53. The molecule has 0 saturated heterocycles. The van der Waals surface area contributed by atoms with E-state index in [4.69, 9.17) is 24.3 Å². The highest BCUT2D eigenvalue weighted by Crippen LogP contribution is 2.32. The Morgan fingerprint density at radius 1 is 1.00 bits per heavy atom. The second-order valence-electron chi connectivity index (χ2n) is 11.0. The van der Waals surface area contributed by atoms with Crippen molar-refractivity contribution in [2.24, 2.45) is 4.99 Å². The largest absolute Gasteiger partial charge is 0.497 e. The summed E-state index contributed by atoms with van der Waals surface area (Å²) in [4.78, 5) is 32.9. The van der Waals surface area contributed by atoms with Crippen LogP contribution in [0.1, 0.15) is 29.7 Å². The molecule has 1 atom stereocenters. The van der Waals surface area contributed by atoms with Gasteiger partial charge in [-0.1, -0.05) is 67.0 Å². The van der Waals surface area contributed by atoms with Crippen molar-refractivity contribution in [3.8, 4) is 28.4 Å². The minimum atomic E-state index is -0.760. The van der Waals surface area contributed by atoms with Crippen LogP contribution in [0.4, 0.5) is 0 Å². The molecular formula is C38H34N4O5S. The zero-order chi connectivity index (χ0) is 33.8. The molecule has 0 fully saturated rings. The number of rotatable bonds is 11. The first kappa shape index (κ1) is 32.2. The molecule has 6 rings (SSSR count). The third-order valence-electron chi connectivity index (χ3n) is 7.86. The molecule has 0 amide bonds. The van der Waals surface area contributed by atoms with Crippen molar-refractivity contribution in [2.45, 2.75) is 19.9 Å². The molecule has 0 aliphatic carbocycles. The fraction of sp³-hybridized carbons (Fsp3) is 0.158. The number of allylic oxidation sites excluding steroid dienone is 1. The average Bonchev–Trinajstić information content (AvgIpc) is 3.66. The molecular weight excluding hydrogens is 625 g/mol.